The van der Waals surface area contributed by atoms with E-state index in [2.05, 4.69) is 0 Å². The van der Waals surface area contributed by atoms with E-state index >= 15 is 0 Å². The van der Waals surface area contributed by atoms with Crippen molar-refractivity contribution in [1.82, 2.24) is 4.72 Å². The molecule has 0 aliphatic rings. The fourth-order valence-corrected chi connectivity index (χ4v) is 1.92. The van der Waals surface area contributed by atoms with Crippen molar-refractivity contribution in [1.29, 1.82) is 0 Å². The molecule has 0 aromatic heterocycles. The minimum atomic E-state index is -3.45. The van der Waals surface area contributed by atoms with Crippen LogP contribution in [0.5, 0.6) is 0 Å². The van der Waals surface area contributed by atoms with Gasteiger partial charge in [-0.1, -0.05) is 13.3 Å². The van der Waals surface area contributed by atoms with E-state index in [-0.39, 0.29) is 5.75 Å². The van der Waals surface area contributed by atoms with Crippen LogP contribution in [-0.2, 0) is 14.8 Å². The van der Waals surface area contributed by atoms with Gasteiger partial charge in [-0.05, 0) is 6.42 Å². The number of carboxylic acid groups (broad SMARTS) is 1. The van der Waals surface area contributed by atoms with Crippen molar-refractivity contribution in [2.24, 2.45) is 0 Å². The number of hydrogen-bond acceptors (Lipinski definition) is 4. The third-order valence-corrected chi connectivity index (χ3v) is 2.98. The van der Waals surface area contributed by atoms with Crippen molar-refractivity contribution < 1.29 is 23.4 Å². The van der Waals surface area contributed by atoms with Gasteiger partial charge >= 0.3 is 5.97 Å². The number of rotatable bonds is 7. The van der Waals surface area contributed by atoms with Crippen LogP contribution in [0.3, 0.4) is 0 Å². The molecule has 0 saturated carbocycles. The third-order valence-electron chi connectivity index (χ3n) is 1.55. The maximum Gasteiger partial charge on any atom is 0.333 e. The Balaban J connectivity index is 3.93. The number of nitrogens with one attached hydrogen (secondary N) is 1. The Morgan fingerprint density at radius 2 is 2.07 bits per heavy atom. The summed E-state index contributed by atoms with van der Waals surface area (Å²) in [5.41, 5.74) is 0. The molecule has 0 amide bonds. The number of aliphatic hydroxyl groups excluding tert-OH is 1. The van der Waals surface area contributed by atoms with Gasteiger partial charge in [0.25, 0.3) is 0 Å². The zero-order valence-electron chi connectivity index (χ0n) is 7.93. The van der Waals surface area contributed by atoms with E-state index in [0.717, 1.165) is 6.42 Å². The van der Waals surface area contributed by atoms with Crippen LogP contribution in [0.2, 0.25) is 0 Å². The van der Waals surface area contributed by atoms with Crippen LogP contribution < -0.4 is 4.72 Å². The first-order valence-corrected chi connectivity index (χ1v) is 5.92. The normalized spacial score (nSPS) is 13.9. The van der Waals surface area contributed by atoms with E-state index in [9.17, 15) is 13.2 Å². The molecule has 0 unspecified atom stereocenters. The van der Waals surface area contributed by atoms with E-state index in [1.54, 1.807) is 0 Å². The number of carboxylic acids is 1. The minimum Gasteiger partial charge on any atom is -0.479 e. The lowest BCUT2D eigenvalue weighted by Crippen LogP contribution is -2.37. The van der Waals surface area contributed by atoms with Crippen molar-refractivity contribution in [3.05, 3.63) is 0 Å². The number of sulfonamides is 1. The van der Waals surface area contributed by atoms with E-state index in [1.807, 2.05) is 11.6 Å². The zero-order valence-corrected chi connectivity index (χ0v) is 8.75. The number of aliphatic hydroxyl groups is 1. The van der Waals surface area contributed by atoms with E-state index in [0.29, 0.717) is 6.42 Å². The van der Waals surface area contributed by atoms with Crippen molar-refractivity contribution in [2.75, 3.05) is 12.3 Å². The van der Waals surface area contributed by atoms with Crippen molar-refractivity contribution in [2.45, 2.75) is 25.9 Å². The molecule has 6 nitrogen and oxygen atoms in total. The van der Waals surface area contributed by atoms with Crippen LogP contribution in [0.4, 0.5) is 0 Å². The first kappa shape index (κ1) is 13.3. The molecular formula is C7H15NO5S. The molecular weight excluding hydrogens is 210 g/mol. The lowest BCUT2D eigenvalue weighted by molar-refractivity contribution is -0.146. The highest BCUT2D eigenvalue weighted by Gasteiger charge is 2.16. The highest BCUT2D eigenvalue weighted by atomic mass is 32.2. The average molecular weight is 225 g/mol. The number of carbonyl (C=O) groups is 1. The number of unbranched alkanes of at least 4 members (excludes halogenated alkanes) is 1. The van der Waals surface area contributed by atoms with Gasteiger partial charge in [0.2, 0.25) is 10.0 Å². The fourth-order valence-electron chi connectivity index (χ4n) is 0.700. The van der Waals surface area contributed by atoms with Gasteiger partial charge in [0.15, 0.2) is 6.10 Å². The molecule has 0 rings (SSSR count). The summed E-state index contributed by atoms with van der Waals surface area (Å²) in [5.74, 6) is -1.49. The molecule has 0 spiro atoms. The van der Waals surface area contributed by atoms with Gasteiger partial charge in [0.05, 0.1) is 5.75 Å². The summed E-state index contributed by atoms with van der Waals surface area (Å²) in [7, 11) is -3.45. The van der Waals surface area contributed by atoms with Crippen LogP contribution in [0.1, 0.15) is 19.8 Å². The summed E-state index contributed by atoms with van der Waals surface area (Å²) in [6.45, 7) is 1.36. The maximum atomic E-state index is 11.1. The quantitative estimate of drug-likeness (QED) is 0.523. The predicted molar refractivity (Wildman–Crippen MR) is 50.3 cm³/mol. The smallest absolute Gasteiger partial charge is 0.333 e. The first-order valence-electron chi connectivity index (χ1n) is 4.27. The van der Waals surface area contributed by atoms with Gasteiger partial charge in [0, 0.05) is 6.54 Å². The SMILES string of the molecule is CCCCS(=O)(=O)NC[C@H](O)C(=O)O. The van der Waals surface area contributed by atoms with Crippen molar-refractivity contribution in [3.63, 3.8) is 0 Å². The third kappa shape index (κ3) is 5.90. The molecule has 0 aliphatic carbocycles. The van der Waals surface area contributed by atoms with E-state index < -0.39 is 28.6 Å². The van der Waals surface area contributed by atoms with Crippen LogP contribution >= 0.6 is 0 Å². The second-order valence-corrected chi connectivity index (χ2v) is 4.80. The topological polar surface area (TPSA) is 104 Å². The van der Waals surface area contributed by atoms with E-state index in [1.165, 1.54) is 0 Å². The van der Waals surface area contributed by atoms with Gasteiger partial charge in [-0.2, -0.15) is 0 Å². The van der Waals surface area contributed by atoms with Gasteiger partial charge in [-0.25, -0.2) is 17.9 Å². The van der Waals surface area contributed by atoms with Crippen LogP contribution in [0.25, 0.3) is 0 Å². The number of aliphatic carboxylic acids is 1. The second-order valence-electron chi connectivity index (χ2n) is 2.87. The first-order chi connectivity index (χ1) is 6.39. The van der Waals surface area contributed by atoms with Crippen LogP contribution in [-0.4, -0.2) is 43.0 Å². The molecule has 0 heterocycles. The molecule has 0 fully saturated rings. The predicted octanol–water partition coefficient (Wildman–Crippen LogP) is -0.849. The summed E-state index contributed by atoms with van der Waals surface area (Å²) < 4.78 is 24.2. The monoisotopic (exact) mass is 225 g/mol. The molecule has 0 saturated heterocycles. The summed E-state index contributed by atoms with van der Waals surface area (Å²) in [6.07, 6.45) is -0.438. The molecule has 84 valence electrons. The number of hydrogen-bond donors (Lipinski definition) is 3. The summed E-state index contributed by atoms with van der Waals surface area (Å²) >= 11 is 0. The van der Waals surface area contributed by atoms with Gasteiger partial charge in [-0.15, -0.1) is 0 Å². The van der Waals surface area contributed by atoms with Crippen LogP contribution in [0.15, 0.2) is 0 Å². The van der Waals surface area contributed by atoms with E-state index in [4.69, 9.17) is 10.2 Å². The molecule has 0 aromatic rings. The Kier molecular flexibility index (Phi) is 5.66. The Morgan fingerprint density at radius 3 is 2.50 bits per heavy atom. The molecule has 3 N–H and O–H groups in total. The Morgan fingerprint density at radius 1 is 1.50 bits per heavy atom. The molecule has 0 bridgehead atoms. The highest BCUT2D eigenvalue weighted by Crippen LogP contribution is 1.93. The molecule has 0 radical (unpaired) electrons. The Bertz CT molecular complexity index is 274. The largest absolute Gasteiger partial charge is 0.479 e. The zero-order chi connectivity index (χ0) is 11.2. The van der Waals surface area contributed by atoms with Crippen LogP contribution in [0, 0.1) is 0 Å². The molecule has 14 heavy (non-hydrogen) atoms. The van der Waals surface area contributed by atoms with Gasteiger partial charge in [-0.3, -0.25) is 0 Å². The highest BCUT2D eigenvalue weighted by molar-refractivity contribution is 7.89. The van der Waals surface area contributed by atoms with Gasteiger partial charge < -0.3 is 10.2 Å². The maximum absolute atomic E-state index is 11.1. The molecule has 0 aromatic carbocycles. The standard InChI is InChI=1S/C7H15NO5S/c1-2-3-4-14(12,13)8-5-6(9)7(10)11/h6,8-9H,2-5H2,1H3,(H,10,11)/t6-/m0/s1. The molecule has 0 aliphatic heterocycles. The average Bonchev–Trinajstić information content (AvgIpc) is 2.11. The lowest BCUT2D eigenvalue weighted by Gasteiger charge is -2.07. The Hall–Kier alpha value is -0.660. The van der Waals surface area contributed by atoms with Gasteiger partial charge in [0.1, 0.15) is 0 Å². The summed E-state index contributed by atoms with van der Waals surface area (Å²) in [6, 6.07) is 0. The van der Waals surface area contributed by atoms with Crippen molar-refractivity contribution >= 4 is 16.0 Å². The minimum absolute atomic E-state index is 0.0458. The second kappa shape index (κ2) is 5.94. The summed E-state index contributed by atoms with van der Waals surface area (Å²) in [5, 5.41) is 17.1. The molecule has 7 heteroatoms. The fraction of sp³-hybridized carbons (Fsp3) is 0.857. The Labute approximate surface area is 83.0 Å². The molecule has 1 atom stereocenters. The lowest BCUT2D eigenvalue weighted by atomic mass is 10.4. The summed E-state index contributed by atoms with van der Waals surface area (Å²) in [4.78, 5) is 10.1. The van der Waals surface area contributed by atoms with Crippen molar-refractivity contribution in [3.8, 4) is 0 Å².